The Labute approximate surface area is 137 Å². The van der Waals surface area contributed by atoms with Crippen LogP contribution in [0.25, 0.3) is 0 Å². The molecule has 22 heavy (non-hydrogen) atoms. The maximum atomic E-state index is 12.5. The number of sulfonamides is 1. The molecule has 0 aliphatic rings. The first-order valence-electron chi connectivity index (χ1n) is 6.29. The van der Waals surface area contributed by atoms with E-state index in [9.17, 15) is 8.42 Å². The number of nitrogens with one attached hydrogen (secondary N) is 1. The largest absolute Gasteiger partial charge is 0.496 e. The van der Waals surface area contributed by atoms with Crippen LogP contribution in [0.2, 0.25) is 0 Å². The molecule has 2 aromatic rings. The zero-order valence-electron chi connectivity index (χ0n) is 12.0. The van der Waals surface area contributed by atoms with Crippen LogP contribution in [0.15, 0.2) is 45.9 Å². The predicted octanol–water partition coefficient (Wildman–Crippen LogP) is 2.34. The molecule has 1 aromatic carbocycles. The van der Waals surface area contributed by atoms with Crippen LogP contribution in [0.5, 0.6) is 11.5 Å². The molecule has 0 aliphatic heterocycles. The first-order chi connectivity index (χ1) is 10.5. The van der Waals surface area contributed by atoms with Gasteiger partial charge >= 0.3 is 0 Å². The van der Waals surface area contributed by atoms with Gasteiger partial charge in [0.2, 0.25) is 10.0 Å². The lowest BCUT2D eigenvalue weighted by molar-refractivity contribution is 0.390. The van der Waals surface area contributed by atoms with Crippen LogP contribution < -0.4 is 14.2 Å². The van der Waals surface area contributed by atoms with E-state index in [-0.39, 0.29) is 17.2 Å². The molecule has 118 valence electrons. The van der Waals surface area contributed by atoms with Crippen molar-refractivity contribution in [2.45, 2.75) is 11.4 Å². The highest BCUT2D eigenvalue weighted by molar-refractivity contribution is 9.10. The van der Waals surface area contributed by atoms with Gasteiger partial charge < -0.3 is 9.47 Å². The molecule has 8 heteroatoms. The number of halogens is 1. The summed E-state index contributed by atoms with van der Waals surface area (Å²) in [5.41, 5.74) is 0.620. The van der Waals surface area contributed by atoms with E-state index in [0.29, 0.717) is 15.9 Å². The first-order valence-corrected chi connectivity index (χ1v) is 8.56. The zero-order valence-corrected chi connectivity index (χ0v) is 14.4. The molecule has 0 saturated heterocycles. The molecule has 6 nitrogen and oxygen atoms in total. The van der Waals surface area contributed by atoms with E-state index in [1.807, 2.05) is 0 Å². The van der Waals surface area contributed by atoms with E-state index in [2.05, 4.69) is 25.6 Å². The summed E-state index contributed by atoms with van der Waals surface area (Å²) in [5.74, 6) is 0.625. The SMILES string of the molecule is COc1cc(S(=O)(=O)NCc2ccccn2)c(OC)cc1Br. The summed E-state index contributed by atoms with van der Waals surface area (Å²) in [6.45, 7) is 0.0880. The van der Waals surface area contributed by atoms with Gasteiger partial charge in [0.05, 0.1) is 30.9 Å². The fourth-order valence-corrected chi connectivity index (χ4v) is 3.44. The minimum atomic E-state index is -3.77. The van der Waals surface area contributed by atoms with Crippen molar-refractivity contribution in [2.75, 3.05) is 14.2 Å². The molecule has 0 spiro atoms. The highest BCUT2D eigenvalue weighted by Gasteiger charge is 2.22. The van der Waals surface area contributed by atoms with Gasteiger partial charge in [-0.1, -0.05) is 6.07 Å². The number of aromatic nitrogens is 1. The van der Waals surface area contributed by atoms with Gasteiger partial charge in [-0.3, -0.25) is 4.98 Å². The molecule has 0 radical (unpaired) electrons. The molecule has 0 saturated carbocycles. The van der Waals surface area contributed by atoms with Crippen LogP contribution in [0.3, 0.4) is 0 Å². The third-order valence-corrected chi connectivity index (χ3v) is 4.94. The predicted molar refractivity (Wildman–Crippen MR) is 85.5 cm³/mol. The standard InChI is InChI=1S/C14H15BrN2O4S/c1-20-12-8-14(13(21-2)7-11(12)15)22(18,19)17-9-10-5-3-4-6-16-10/h3-8,17H,9H2,1-2H3. The molecule has 0 atom stereocenters. The van der Waals surface area contributed by atoms with Crippen LogP contribution in [0.1, 0.15) is 5.69 Å². The van der Waals surface area contributed by atoms with Gasteiger partial charge in [0.1, 0.15) is 16.4 Å². The summed E-state index contributed by atoms with van der Waals surface area (Å²) in [6.07, 6.45) is 1.60. The van der Waals surface area contributed by atoms with E-state index in [0.717, 1.165) is 0 Å². The average Bonchev–Trinajstić information content (AvgIpc) is 2.53. The number of ether oxygens (including phenoxy) is 2. The Morgan fingerprint density at radius 3 is 2.50 bits per heavy atom. The number of benzene rings is 1. The average molecular weight is 387 g/mol. The molecule has 0 bridgehead atoms. The van der Waals surface area contributed by atoms with Gasteiger partial charge in [-0.2, -0.15) is 0 Å². The second-order valence-electron chi connectivity index (χ2n) is 4.28. The molecule has 1 heterocycles. The molecule has 0 amide bonds. The summed E-state index contributed by atoms with van der Waals surface area (Å²) in [6, 6.07) is 8.25. The highest BCUT2D eigenvalue weighted by Crippen LogP contribution is 2.35. The summed E-state index contributed by atoms with van der Waals surface area (Å²) >= 11 is 3.29. The lowest BCUT2D eigenvalue weighted by atomic mass is 10.3. The molecule has 0 unspecified atom stereocenters. The third-order valence-electron chi connectivity index (χ3n) is 2.90. The normalized spacial score (nSPS) is 11.2. The maximum Gasteiger partial charge on any atom is 0.244 e. The summed E-state index contributed by atoms with van der Waals surface area (Å²) < 4.78 is 38.3. The van der Waals surface area contributed by atoms with Gasteiger partial charge in [0, 0.05) is 12.3 Å². The second-order valence-corrected chi connectivity index (χ2v) is 6.87. The van der Waals surface area contributed by atoms with Crippen molar-refractivity contribution in [3.05, 3.63) is 46.7 Å². The number of pyridine rings is 1. The van der Waals surface area contributed by atoms with E-state index in [4.69, 9.17) is 9.47 Å². The Hall–Kier alpha value is -1.64. The Morgan fingerprint density at radius 2 is 1.91 bits per heavy atom. The van der Waals surface area contributed by atoms with Crippen molar-refractivity contribution in [2.24, 2.45) is 0 Å². The first kappa shape index (κ1) is 16.7. The monoisotopic (exact) mass is 386 g/mol. The minimum Gasteiger partial charge on any atom is -0.496 e. The van der Waals surface area contributed by atoms with Crippen molar-refractivity contribution in [1.29, 1.82) is 0 Å². The lowest BCUT2D eigenvalue weighted by Crippen LogP contribution is -2.24. The fourth-order valence-electron chi connectivity index (χ4n) is 1.79. The smallest absolute Gasteiger partial charge is 0.244 e. The van der Waals surface area contributed by atoms with Gasteiger partial charge in [-0.05, 0) is 34.1 Å². The summed E-state index contributed by atoms with van der Waals surface area (Å²) in [4.78, 5) is 4.08. The van der Waals surface area contributed by atoms with Crippen LogP contribution >= 0.6 is 15.9 Å². The van der Waals surface area contributed by atoms with E-state index >= 15 is 0 Å². The van der Waals surface area contributed by atoms with Crippen molar-refractivity contribution < 1.29 is 17.9 Å². The van der Waals surface area contributed by atoms with Crippen molar-refractivity contribution in [1.82, 2.24) is 9.71 Å². The topological polar surface area (TPSA) is 77.5 Å². The Morgan fingerprint density at radius 1 is 1.18 bits per heavy atom. The summed E-state index contributed by atoms with van der Waals surface area (Å²) in [5, 5.41) is 0. The molecule has 1 aromatic heterocycles. The van der Waals surface area contributed by atoms with Crippen LogP contribution in [-0.4, -0.2) is 27.6 Å². The summed E-state index contributed by atoms with van der Waals surface area (Å²) in [7, 11) is -0.895. The molecule has 1 N–H and O–H groups in total. The zero-order chi connectivity index (χ0) is 16.2. The molecule has 2 rings (SSSR count). The number of hydrogen-bond donors (Lipinski definition) is 1. The number of hydrogen-bond acceptors (Lipinski definition) is 5. The van der Waals surface area contributed by atoms with Gasteiger partial charge in [0.15, 0.2) is 0 Å². The maximum absolute atomic E-state index is 12.5. The molecule has 0 aliphatic carbocycles. The van der Waals surface area contributed by atoms with Crippen LogP contribution in [-0.2, 0) is 16.6 Å². The number of methoxy groups -OCH3 is 2. The van der Waals surface area contributed by atoms with Crippen LogP contribution in [0.4, 0.5) is 0 Å². The third kappa shape index (κ3) is 3.76. The second kappa shape index (κ2) is 7.08. The quantitative estimate of drug-likeness (QED) is 0.824. The molecular formula is C14H15BrN2O4S. The van der Waals surface area contributed by atoms with Gasteiger partial charge in [0.25, 0.3) is 0 Å². The fraction of sp³-hybridized carbons (Fsp3) is 0.214. The lowest BCUT2D eigenvalue weighted by Gasteiger charge is -2.13. The highest BCUT2D eigenvalue weighted by atomic mass is 79.9. The van der Waals surface area contributed by atoms with Crippen molar-refractivity contribution >= 4 is 26.0 Å². The molecular weight excluding hydrogens is 372 g/mol. The van der Waals surface area contributed by atoms with Gasteiger partial charge in [-0.25, -0.2) is 13.1 Å². The molecule has 0 fully saturated rings. The number of rotatable bonds is 6. The van der Waals surface area contributed by atoms with Crippen molar-refractivity contribution in [3.63, 3.8) is 0 Å². The van der Waals surface area contributed by atoms with Crippen molar-refractivity contribution in [3.8, 4) is 11.5 Å². The Kier molecular flexibility index (Phi) is 5.38. The Bertz CT molecular complexity index is 751. The van der Waals surface area contributed by atoms with Gasteiger partial charge in [-0.15, -0.1) is 0 Å². The Balaban J connectivity index is 2.32. The minimum absolute atomic E-state index is 0.00554. The van der Waals surface area contributed by atoms with E-state index in [1.165, 1.54) is 20.3 Å². The van der Waals surface area contributed by atoms with E-state index in [1.54, 1.807) is 30.5 Å². The van der Waals surface area contributed by atoms with Crippen LogP contribution in [0, 0.1) is 0 Å². The number of nitrogens with zero attached hydrogens (tertiary/aromatic N) is 1. The van der Waals surface area contributed by atoms with E-state index < -0.39 is 10.0 Å².